The molecule has 1 amide bonds. The van der Waals surface area contributed by atoms with Crippen molar-refractivity contribution in [1.29, 1.82) is 0 Å². The summed E-state index contributed by atoms with van der Waals surface area (Å²) in [7, 11) is 0. The first-order valence-corrected chi connectivity index (χ1v) is 27.4. The van der Waals surface area contributed by atoms with Gasteiger partial charge in [-0.15, -0.1) is 0 Å². The minimum absolute atomic E-state index is 0.0320. The average molecular weight is 884 g/mol. The van der Waals surface area contributed by atoms with Gasteiger partial charge >= 0.3 is 5.97 Å². The quantitative estimate of drug-likeness (QED) is 0.0245. The van der Waals surface area contributed by atoms with Gasteiger partial charge in [0.2, 0.25) is 5.91 Å². The van der Waals surface area contributed by atoms with Crippen LogP contribution in [0.1, 0.15) is 277 Å². The van der Waals surface area contributed by atoms with Gasteiger partial charge in [-0.3, -0.25) is 9.59 Å². The van der Waals surface area contributed by atoms with Gasteiger partial charge in [-0.25, -0.2) is 0 Å². The van der Waals surface area contributed by atoms with E-state index >= 15 is 0 Å². The number of aliphatic hydroxyl groups is 2. The minimum Gasteiger partial charge on any atom is -0.466 e. The van der Waals surface area contributed by atoms with Crippen LogP contribution in [-0.2, 0) is 14.3 Å². The first kappa shape index (κ1) is 60.8. The second-order valence-electron chi connectivity index (χ2n) is 18.6. The fourth-order valence-electron chi connectivity index (χ4n) is 8.09. The first-order chi connectivity index (χ1) is 31.0. The van der Waals surface area contributed by atoms with Crippen LogP contribution < -0.4 is 5.32 Å². The fourth-order valence-corrected chi connectivity index (χ4v) is 8.09. The van der Waals surface area contributed by atoms with Crippen molar-refractivity contribution >= 4 is 11.9 Å². The number of nitrogens with one attached hydrogen (secondary N) is 1. The Balaban J connectivity index is 3.57. The molecule has 0 saturated carbocycles. The van der Waals surface area contributed by atoms with Crippen molar-refractivity contribution in [3.63, 3.8) is 0 Å². The van der Waals surface area contributed by atoms with Crippen LogP contribution in [0.25, 0.3) is 0 Å². The zero-order valence-electron chi connectivity index (χ0n) is 41.8. The summed E-state index contributed by atoms with van der Waals surface area (Å²) in [5.41, 5.74) is 0. The highest BCUT2D eigenvalue weighted by atomic mass is 16.5. The van der Waals surface area contributed by atoms with E-state index in [1.165, 1.54) is 173 Å². The summed E-state index contributed by atoms with van der Waals surface area (Å²) in [5, 5.41) is 23.1. The molecule has 0 aromatic rings. The van der Waals surface area contributed by atoms with Crippen LogP contribution in [0.4, 0.5) is 0 Å². The van der Waals surface area contributed by atoms with Crippen LogP contribution in [0.15, 0.2) is 48.6 Å². The third kappa shape index (κ3) is 49.1. The molecule has 0 aliphatic heterocycles. The molecule has 6 nitrogen and oxygen atoms in total. The Labute approximate surface area is 391 Å². The highest BCUT2D eigenvalue weighted by Crippen LogP contribution is 2.15. The van der Waals surface area contributed by atoms with Crippen molar-refractivity contribution in [2.24, 2.45) is 0 Å². The Morgan fingerprint density at radius 3 is 1.22 bits per heavy atom. The number of esters is 1. The molecule has 0 rings (SSSR count). The van der Waals surface area contributed by atoms with Crippen LogP contribution in [-0.4, -0.2) is 47.4 Å². The zero-order valence-corrected chi connectivity index (χ0v) is 41.8. The third-order valence-corrected chi connectivity index (χ3v) is 12.3. The summed E-state index contributed by atoms with van der Waals surface area (Å²) in [4.78, 5) is 24.5. The van der Waals surface area contributed by atoms with Gasteiger partial charge in [-0.1, -0.05) is 223 Å². The van der Waals surface area contributed by atoms with E-state index in [2.05, 4.69) is 55.6 Å². The molecule has 0 bridgehead atoms. The minimum atomic E-state index is -0.860. The summed E-state index contributed by atoms with van der Waals surface area (Å²) >= 11 is 0. The number of carbonyl (C=O) groups is 2. The average Bonchev–Trinajstić information content (AvgIpc) is 3.28. The number of ether oxygens (including phenoxy) is 1. The van der Waals surface area contributed by atoms with Crippen molar-refractivity contribution in [3.05, 3.63) is 48.6 Å². The van der Waals surface area contributed by atoms with Crippen molar-refractivity contribution in [3.8, 4) is 0 Å². The monoisotopic (exact) mass is 884 g/mol. The van der Waals surface area contributed by atoms with E-state index in [1.54, 1.807) is 6.08 Å². The number of amides is 1. The maximum Gasteiger partial charge on any atom is 0.305 e. The molecule has 3 N–H and O–H groups in total. The van der Waals surface area contributed by atoms with Crippen LogP contribution in [0.3, 0.4) is 0 Å². The Hall–Kier alpha value is -2.18. The van der Waals surface area contributed by atoms with Gasteiger partial charge in [0.15, 0.2) is 0 Å². The lowest BCUT2D eigenvalue weighted by atomic mass is 10.0. The maximum absolute atomic E-state index is 12.4. The van der Waals surface area contributed by atoms with E-state index in [4.69, 9.17) is 4.74 Å². The van der Waals surface area contributed by atoms with Crippen LogP contribution in [0, 0.1) is 0 Å². The molecule has 63 heavy (non-hydrogen) atoms. The summed E-state index contributed by atoms with van der Waals surface area (Å²) in [5.74, 6) is -0.123. The predicted octanol–water partition coefficient (Wildman–Crippen LogP) is 16.6. The number of allylic oxidation sites excluding steroid dienone is 7. The summed E-state index contributed by atoms with van der Waals surface area (Å²) < 4.78 is 5.43. The maximum atomic E-state index is 12.4. The number of rotatable bonds is 50. The zero-order chi connectivity index (χ0) is 45.8. The highest BCUT2D eigenvalue weighted by molar-refractivity contribution is 5.76. The van der Waals surface area contributed by atoms with E-state index < -0.39 is 12.1 Å². The van der Waals surface area contributed by atoms with Gasteiger partial charge in [0.1, 0.15) is 0 Å². The van der Waals surface area contributed by atoms with E-state index in [0.29, 0.717) is 19.4 Å². The van der Waals surface area contributed by atoms with Gasteiger partial charge in [0.05, 0.1) is 25.4 Å². The van der Waals surface area contributed by atoms with E-state index in [1.807, 2.05) is 6.08 Å². The second-order valence-corrected chi connectivity index (χ2v) is 18.6. The van der Waals surface area contributed by atoms with Crippen LogP contribution in [0.2, 0.25) is 0 Å². The molecule has 2 unspecified atom stereocenters. The number of unbranched alkanes of at least 4 members (excludes halogenated alkanes) is 34. The standard InChI is InChI=1S/C57H105NO5/c1-3-5-7-9-11-13-15-17-19-20-22-25-29-33-37-41-45-49-55(60)54(53-59)58-56(61)50-46-42-38-34-30-26-23-21-24-28-32-36-40-44-48-52-63-57(62)51-47-43-39-35-31-27-18-16-14-12-10-8-6-4-2/h16,18,21,24,28,32,45,49,54-55,59-60H,3-15,17,19-20,22-23,25-27,29-31,33-44,46-48,50-53H2,1-2H3,(H,58,61)/b18-16-,24-21-,32-28-,49-45+. The predicted molar refractivity (Wildman–Crippen MR) is 273 cm³/mol. The van der Waals surface area contributed by atoms with Crippen molar-refractivity contribution in [1.82, 2.24) is 5.32 Å². The summed E-state index contributed by atoms with van der Waals surface area (Å²) in [6.07, 6.45) is 65.5. The van der Waals surface area contributed by atoms with Crippen LogP contribution >= 0.6 is 0 Å². The Kier molecular flexibility index (Phi) is 50.6. The molecular formula is C57H105NO5. The molecule has 6 heteroatoms. The van der Waals surface area contributed by atoms with Crippen molar-refractivity contribution < 1.29 is 24.5 Å². The largest absolute Gasteiger partial charge is 0.466 e. The smallest absolute Gasteiger partial charge is 0.305 e. The van der Waals surface area contributed by atoms with Gasteiger partial charge in [0, 0.05) is 12.8 Å². The normalized spacial score (nSPS) is 13.0. The second kappa shape index (κ2) is 52.4. The molecule has 0 spiro atoms. The molecule has 0 aliphatic rings. The van der Waals surface area contributed by atoms with Gasteiger partial charge in [-0.2, -0.15) is 0 Å². The molecule has 0 heterocycles. The molecule has 0 aromatic heterocycles. The number of carbonyl (C=O) groups excluding carboxylic acids is 2. The lowest BCUT2D eigenvalue weighted by Gasteiger charge is -2.20. The third-order valence-electron chi connectivity index (χ3n) is 12.3. The van der Waals surface area contributed by atoms with Crippen molar-refractivity contribution in [2.45, 2.75) is 289 Å². The molecular weight excluding hydrogens is 779 g/mol. The molecule has 0 aliphatic carbocycles. The molecule has 0 saturated heterocycles. The van der Waals surface area contributed by atoms with E-state index in [0.717, 1.165) is 77.0 Å². The Bertz CT molecular complexity index is 1070. The molecule has 0 radical (unpaired) electrons. The molecule has 0 fully saturated rings. The first-order valence-electron chi connectivity index (χ1n) is 27.4. The lowest BCUT2D eigenvalue weighted by Crippen LogP contribution is -2.45. The highest BCUT2D eigenvalue weighted by Gasteiger charge is 2.18. The summed E-state index contributed by atoms with van der Waals surface area (Å²) in [6.45, 7) is 4.83. The SMILES string of the molecule is CCCCCCC/C=C\CCCCCCCC(=O)OCCCCC/C=C\C=C/CCCCCCCCC(=O)NC(CO)C(O)/C=C/CCCCCCCCCCCCCCCCC. The van der Waals surface area contributed by atoms with Crippen LogP contribution in [0.5, 0.6) is 0 Å². The van der Waals surface area contributed by atoms with E-state index in [-0.39, 0.29) is 18.5 Å². The number of hydrogen-bond donors (Lipinski definition) is 3. The Morgan fingerprint density at radius 1 is 0.444 bits per heavy atom. The topological polar surface area (TPSA) is 95.9 Å². The molecule has 2 atom stereocenters. The molecule has 0 aromatic carbocycles. The lowest BCUT2D eigenvalue weighted by molar-refractivity contribution is -0.143. The number of aliphatic hydroxyl groups excluding tert-OH is 2. The van der Waals surface area contributed by atoms with Crippen molar-refractivity contribution in [2.75, 3.05) is 13.2 Å². The fraction of sp³-hybridized carbons (Fsp3) is 0.825. The summed E-state index contributed by atoms with van der Waals surface area (Å²) in [6, 6.07) is -0.645. The van der Waals surface area contributed by atoms with E-state index in [9.17, 15) is 19.8 Å². The molecule has 368 valence electrons. The number of hydrogen-bond acceptors (Lipinski definition) is 5. The Morgan fingerprint density at radius 2 is 0.794 bits per heavy atom. The van der Waals surface area contributed by atoms with Gasteiger partial charge in [0.25, 0.3) is 0 Å². The van der Waals surface area contributed by atoms with Gasteiger partial charge in [-0.05, 0) is 89.9 Å². The van der Waals surface area contributed by atoms with Gasteiger partial charge < -0.3 is 20.3 Å².